The molecule has 2 atom stereocenters. The van der Waals surface area contributed by atoms with Crippen LogP contribution in [0.4, 0.5) is 0 Å². The monoisotopic (exact) mass is 483 g/mol. The van der Waals surface area contributed by atoms with E-state index >= 15 is 0 Å². The number of nitrogens with zero attached hydrogens (tertiary/aromatic N) is 3. The molecule has 4 heterocycles. The first-order valence-electron chi connectivity index (χ1n) is 12.8. The van der Waals surface area contributed by atoms with Crippen LogP contribution < -0.4 is 0 Å². The van der Waals surface area contributed by atoms with Crippen LogP contribution >= 0.6 is 11.3 Å². The van der Waals surface area contributed by atoms with Crippen molar-refractivity contribution in [1.82, 2.24) is 14.4 Å². The fraction of sp³-hybridized carbons (Fsp3) is 0.367. The van der Waals surface area contributed by atoms with Gasteiger partial charge in [0.1, 0.15) is 0 Å². The smallest absolute Gasteiger partial charge is 0.253 e. The lowest BCUT2D eigenvalue weighted by Gasteiger charge is -2.34. The molecular weight excluding hydrogens is 450 g/mol. The van der Waals surface area contributed by atoms with Crippen LogP contribution in [0.5, 0.6) is 0 Å². The molecule has 0 radical (unpaired) electrons. The molecule has 180 valence electrons. The highest BCUT2D eigenvalue weighted by Crippen LogP contribution is 2.37. The van der Waals surface area contributed by atoms with Crippen molar-refractivity contribution in [3.05, 3.63) is 94.3 Å². The molecule has 4 aromatic rings. The van der Waals surface area contributed by atoms with Crippen molar-refractivity contribution in [2.45, 2.75) is 24.7 Å². The lowest BCUT2D eigenvalue weighted by atomic mass is 9.87. The van der Waals surface area contributed by atoms with Crippen LogP contribution in [0.15, 0.2) is 77.6 Å². The normalized spacial score (nSPS) is 21.7. The van der Waals surface area contributed by atoms with Gasteiger partial charge in [0.25, 0.3) is 5.91 Å². The molecule has 0 saturated carbocycles. The van der Waals surface area contributed by atoms with Crippen LogP contribution in [-0.2, 0) is 7.05 Å². The number of amides is 1. The van der Waals surface area contributed by atoms with Crippen molar-refractivity contribution in [1.29, 1.82) is 0 Å². The number of benzene rings is 2. The van der Waals surface area contributed by atoms with Crippen molar-refractivity contribution in [2.75, 3.05) is 32.7 Å². The van der Waals surface area contributed by atoms with Crippen molar-refractivity contribution in [3.8, 4) is 0 Å². The van der Waals surface area contributed by atoms with Gasteiger partial charge in [-0.25, -0.2) is 0 Å². The minimum atomic E-state index is 0.165. The minimum Gasteiger partial charge on any atom is -0.351 e. The van der Waals surface area contributed by atoms with Gasteiger partial charge in [-0.1, -0.05) is 36.4 Å². The Labute approximate surface area is 211 Å². The molecule has 4 nitrogen and oxygen atoms in total. The summed E-state index contributed by atoms with van der Waals surface area (Å²) in [4.78, 5) is 18.3. The van der Waals surface area contributed by atoms with E-state index in [4.69, 9.17) is 0 Å². The van der Waals surface area contributed by atoms with Crippen LogP contribution in [-0.4, -0.2) is 53.0 Å². The molecule has 2 fully saturated rings. The molecule has 5 heteroatoms. The number of piperidine rings is 1. The first-order valence-corrected chi connectivity index (χ1v) is 13.7. The number of carbonyl (C=O) groups is 1. The molecule has 0 aliphatic carbocycles. The molecule has 1 amide bonds. The van der Waals surface area contributed by atoms with Crippen LogP contribution in [0.25, 0.3) is 10.9 Å². The van der Waals surface area contributed by atoms with Gasteiger partial charge in [-0.3, -0.25) is 4.79 Å². The summed E-state index contributed by atoms with van der Waals surface area (Å²) in [7, 11) is 2.04. The van der Waals surface area contributed by atoms with Crippen molar-refractivity contribution >= 4 is 28.1 Å². The second-order valence-electron chi connectivity index (χ2n) is 10.3. The van der Waals surface area contributed by atoms with Crippen LogP contribution in [0.3, 0.4) is 0 Å². The van der Waals surface area contributed by atoms with Gasteiger partial charge in [0.05, 0.1) is 0 Å². The van der Waals surface area contributed by atoms with E-state index in [-0.39, 0.29) is 5.91 Å². The lowest BCUT2D eigenvalue weighted by Crippen LogP contribution is -2.38. The van der Waals surface area contributed by atoms with Gasteiger partial charge in [0, 0.05) is 49.9 Å². The maximum atomic E-state index is 13.6. The summed E-state index contributed by atoms with van der Waals surface area (Å²) in [6.45, 7) is 5.01. The average Bonchev–Trinajstić information content (AvgIpc) is 3.65. The Morgan fingerprint density at radius 1 is 0.971 bits per heavy atom. The van der Waals surface area contributed by atoms with E-state index < -0.39 is 0 Å². The molecule has 2 saturated heterocycles. The Balaban J connectivity index is 1.16. The Hall–Kier alpha value is -2.89. The first kappa shape index (κ1) is 22.6. The van der Waals surface area contributed by atoms with Crippen LogP contribution in [0.1, 0.15) is 46.2 Å². The first-order chi connectivity index (χ1) is 17.2. The van der Waals surface area contributed by atoms with E-state index in [1.54, 1.807) is 11.3 Å². The molecule has 0 bridgehead atoms. The molecule has 0 unspecified atom stereocenters. The Kier molecular flexibility index (Phi) is 6.21. The quantitative estimate of drug-likeness (QED) is 0.350. The fourth-order valence-electron chi connectivity index (χ4n) is 6.17. The van der Waals surface area contributed by atoms with E-state index in [0.717, 1.165) is 43.8 Å². The highest BCUT2D eigenvalue weighted by Gasteiger charge is 2.38. The maximum absolute atomic E-state index is 13.6. The zero-order valence-electron chi connectivity index (χ0n) is 20.3. The Morgan fingerprint density at radius 2 is 1.80 bits per heavy atom. The number of carbonyl (C=O) groups excluding carboxylic acids is 1. The van der Waals surface area contributed by atoms with Gasteiger partial charge in [0.2, 0.25) is 0 Å². The second-order valence-corrected chi connectivity index (χ2v) is 11.1. The van der Waals surface area contributed by atoms with E-state index in [2.05, 4.69) is 85.9 Å². The minimum absolute atomic E-state index is 0.165. The SMILES string of the molecule is Cn1ccc2ccc(C(=O)N3C[C@@H](CN4CCC(c5ccccc5)CC4)[C@H](c4ccsc4)C3)cc21. The van der Waals surface area contributed by atoms with Crippen LogP contribution in [0, 0.1) is 5.92 Å². The molecular formula is C30H33N3OS. The second kappa shape index (κ2) is 9.63. The topological polar surface area (TPSA) is 28.5 Å². The summed E-state index contributed by atoms with van der Waals surface area (Å²) >= 11 is 1.76. The molecule has 0 spiro atoms. The standard InChI is InChI=1S/C30H33N3OS/c1-31-13-9-24-7-8-25(17-29(24)31)30(34)33-19-27(28(20-33)26-12-16-35-21-26)18-32-14-10-23(11-15-32)22-5-3-2-4-6-22/h2-9,12-13,16-17,21,23,27-28H,10-11,14-15,18-20H2,1H3/t27-,28+/m1/s1. The number of likely N-dealkylation sites (tertiary alicyclic amines) is 2. The largest absolute Gasteiger partial charge is 0.351 e. The van der Waals surface area contributed by atoms with Gasteiger partial charge in [-0.05, 0) is 89.3 Å². The number of aromatic nitrogens is 1. The van der Waals surface area contributed by atoms with Crippen molar-refractivity contribution < 1.29 is 4.79 Å². The van der Waals surface area contributed by atoms with E-state index in [0.29, 0.717) is 17.8 Å². The highest BCUT2D eigenvalue weighted by molar-refractivity contribution is 7.08. The number of hydrogen-bond donors (Lipinski definition) is 0. The van der Waals surface area contributed by atoms with E-state index in [1.807, 2.05) is 13.1 Å². The predicted octanol–water partition coefficient (Wildman–Crippen LogP) is 5.98. The zero-order chi connectivity index (χ0) is 23.8. The Bertz CT molecular complexity index is 1290. The third-order valence-electron chi connectivity index (χ3n) is 8.19. The molecule has 0 N–H and O–H groups in total. The average molecular weight is 484 g/mol. The van der Waals surface area contributed by atoms with Gasteiger partial charge >= 0.3 is 0 Å². The van der Waals surface area contributed by atoms with Gasteiger partial charge in [0.15, 0.2) is 0 Å². The van der Waals surface area contributed by atoms with E-state index in [1.165, 1.54) is 29.4 Å². The van der Waals surface area contributed by atoms with Gasteiger partial charge < -0.3 is 14.4 Å². The highest BCUT2D eigenvalue weighted by atomic mass is 32.1. The number of thiophene rings is 1. The lowest BCUT2D eigenvalue weighted by molar-refractivity contribution is 0.0781. The third-order valence-corrected chi connectivity index (χ3v) is 8.89. The summed E-state index contributed by atoms with van der Waals surface area (Å²) in [5.41, 5.74) is 4.79. The molecule has 2 aromatic carbocycles. The summed E-state index contributed by atoms with van der Waals surface area (Å²) < 4.78 is 2.09. The van der Waals surface area contributed by atoms with Crippen LogP contribution in [0.2, 0.25) is 0 Å². The van der Waals surface area contributed by atoms with Gasteiger partial charge in [-0.15, -0.1) is 0 Å². The molecule has 2 aliphatic heterocycles. The predicted molar refractivity (Wildman–Crippen MR) is 144 cm³/mol. The molecule has 6 rings (SSSR count). The molecule has 2 aliphatic rings. The Morgan fingerprint density at radius 3 is 2.57 bits per heavy atom. The summed E-state index contributed by atoms with van der Waals surface area (Å²) in [6, 6.07) is 21.5. The summed E-state index contributed by atoms with van der Waals surface area (Å²) in [6.07, 6.45) is 4.50. The maximum Gasteiger partial charge on any atom is 0.253 e. The summed E-state index contributed by atoms with van der Waals surface area (Å²) in [5, 5.41) is 5.63. The number of fused-ring (bicyclic) bond motifs is 1. The third kappa shape index (κ3) is 4.55. The molecule has 35 heavy (non-hydrogen) atoms. The summed E-state index contributed by atoms with van der Waals surface area (Å²) in [5.74, 6) is 1.73. The van der Waals surface area contributed by atoms with Gasteiger partial charge in [-0.2, -0.15) is 11.3 Å². The van der Waals surface area contributed by atoms with E-state index in [9.17, 15) is 4.79 Å². The fourth-order valence-corrected chi connectivity index (χ4v) is 6.89. The van der Waals surface area contributed by atoms with Crippen molar-refractivity contribution in [3.63, 3.8) is 0 Å². The number of aryl methyl sites for hydroxylation is 1. The number of rotatable bonds is 5. The van der Waals surface area contributed by atoms with Crippen molar-refractivity contribution in [2.24, 2.45) is 13.0 Å². The number of hydrogen-bond acceptors (Lipinski definition) is 3. The molecule has 2 aromatic heterocycles. The zero-order valence-corrected chi connectivity index (χ0v) is 21.2.